The monoisotopic (exact) mass is 488 g/mol. The Morgan fingerprint density at radius 2 is 1.81 bits per heavy atom. The van der Waals surface area contributed by atoms with E-state index in [-0.39, 0.29) is 31.6 Å². The zero-order chi connectivity index (χ0) is 25.2. The van der Waals surface area contributed by atoms with E-state index in [0.29, 0.717) is 5.69 Å². The van der Waals surface area contributed by atoms with Crippen LogP contribution in [0.4, 0.5) is 5.69 Å². The summed E-state index contributed by atoms with van der Waals surface area (Å²) in [6.07, 6.45) is 7.10. The van der Waals surface area contributed by atoms with Gasteiger partial charge in [0.05, 0.1) is 24.2 Å². The number of carbonyl (C=O) groups excluding carboxylic acids is 3. The van der Waals surface area contributed by atoms with Gasteiger partial charge < -0.3 is 24.4 Å². The van der Waals surface area contributed by atoms with Gasteiger partial charge in [0.25, 0.3) is 5.91 Å². The molecule has 2 aromatic carbocycles. The lowest BCUT2D eigenvalue weighted by atomic mass is 9.75. The van der Waals surface area contributed by atoms with E-state index in [0.717, 1.165) is 10.8 Å². The SMILES string of the molecule is C[C@H](CO)N1C(=O)[C@@H]2[C@H]3C(=O)OCC=C[C@@]3(C)O[C@@]23C=CCN(c2ccc4ccccc4c2)C(=O)C13. The minimum atomic E-state index is -1.37. The normalized spacial score (nSPS) is 34.2. The lowest BCUT2D eigenvalue weighted by Gasteiger charge is -2.39. The van der Waals surface area contributed by atoms with E-state index in [1.807, 2.05) is 48.5 Å². The van der Waals surface area contributed by atoms with Crippen LogP contribution in [0.15, 0.2) is 66.8 Å². The molecule has 2 amide bonds. The molecule has 4 aliphatic rings. The molecule has 4 heterocycles. The smallest absolute Gasteiger partial charge is 0.313 e. The van der Waals surface area contributed by atoms with Crippen LogP contribution in [-0.2, 0) is 23.9 Å². The predicted octanol–water partition coefficient (Wildman–Crippen LogP) is 2.21. The summed E-state index contributed by atoms with van der Waals surface area (Å²) in [4.78, 5) is 44.5. The molecule has 6 atom stereocenters. The topological polar surface area (TPSA) is 96.4 Å². The molecular weight excluding hydrogens is 460 g/mol. The summed E-state index contributed by atoms with van der Waals surface area (Å²) in [5.41, 5.74) is -1.78. The van der Waals surface area contributed by atoms with Crippen molar-refractivity contribution in [2.45, 2.75) is 37.1 Å². The summed E-state index contributed by atoms with van der Waals surface area (Å²) in [6.45, 7) is 3.52. The fourth-order valence-electron chi connectivity index (χ4n) is 6.43. The van der Waals surface area contributed by atoms with Crippen molar-refractivity contribution in [3.63, 3.8) is 0 Å². The Bertz CT molecular complexity index is 1340. The van der Waals surface area contributed by atoms with Crippen LogP contribution in [0.2, 0.25) is 0 Å². The maximum Gasteiger partial charge on any atom is 0.313 e. The maximum atomic E-state index is 14.3. The zero-order valence-corrected chi connectivity index (χ0v) is 20.2. The second-order valence-electron chi connectivity index (χ2n) is 10.2. The first-order chi connectivity index (χ1) is 17.3. The summed E-state index contributed by atoms with van der Waals surface area (Å²) in [6, 6.07) is 12.0. The molecule has 6 rings (SSSR count). The van der Waals surface area contributed by atoms with Gasteiger partial charge in [-0.3, -0.25) is 14.4 Å². The minimum absolute atomic E-state index is 0.104. The number of cyclic esters (lactones) is 1. The molecule has 186 valence electrons. The molecule has 8 heteroatoms. The molecule has 1 N–H and O–H groups in total. The number of aliphatic hydroxyl groups is 1. The largest absolute Gasteiger partial charge is 0.461 e. The molecule has 0 radical (unpaired) electrons. The number of ether oxygens (including phenoxy) is 2. The van der Waals surface area contributed by atoms with E-state index in [1.165, 1.54) is 4.90 Å². The number of rotatable bonds is 3. The van der Waals surface area contributed by atoms with Crippen LogP contribution in [-0.4, -0.2) is 70.8 Å². The third-order valence-corrected chi connectivity index (χ3v) is 8.03. The Balaban J connectivity index is 1.50. The maximum absolute atomic E-state index is 14.3. The molecule has 4 aliphatic heterocycles. The van der Waals surface area contributed by atoms with Crippen molar-refractivity contribution < 1.29 is 29.0 Å². The van der Waals surface area contributed by atoms with Crippen LogP contribution in [0.5, 0.6) is 0 Å². The van der Waals surface area contributed by atoms with Crippen molar-refractivity contribution in [2.24, 2.45) is 11.8 Å². The molecule has 2 saturated heterocycles. The highest BCUT2D eigenvalue weighted by molar-refractivity contribution is 6.06. The number of amides is 2. The number of benzene rings is 2. The van der Waals surface area contributed by atoms with E-state index in [1.54, 1.807) is 37.0 Å². The van der Waals surface area contributed by atoms with Crippen LogP contribution < -0.4 is 4.90 Å². The number of aliphatic hydroxyl groups excluding tert-OH is 1. The van der Waals surface area contributed by atoms with E-state index in [2.05, 4.69) is 0 Å². The average molecular weight is 489 g/mol. The van der Waals surface area contributed by atoms with Crippen molar-refractivity contribution in [3.8, 4) is 0 Å². The van der Waals surface area contributed by atoms with Gasteiger partial charge in [0.1, 0.15) is 24.2 Å². The fraction of sp³-hybridized carbons (Fsp3) is 0.393. The third kappa shape index (κ3) is 3.04. The molecule has 0 aromatic heterocycles. The molecule has 8 nitrogen and oxygen atoms in total. The van der Waals surface area contributed by atoms with Gasteiger partial charge in [0.15, 0.2) is 0 Å². The van der Waals surface area contributed by atoms with Gasteiger partial charge in [0, 0.05) is 12.2 Å². The number of esters is 1. The second-order valence-corrected chi connectivity index (χ2v) is 10.2. The van der Waals surface area contributed by atoms with Gasteiger partial charge in [-0.25, -0.2) is 0 Å². The first kappa shape index (κ1) is 22.9. The number of hydrogen-bond donors (Lipinski definition) is 1. The Hall–Kier alpha value is -3.49. The summed E-state index contributed by atoms with van der Waals surface area (Å²) in [5, 5.41) is 12.1. The molecule has 0 saturated carbocycles. The molecule has 2 aromatic rings. The van der Waals surface area contributed by atoms with Gasteiger partial charge in [-0.15, -0.1) is 0 Å². The molecule has 0 aliphatic carbocycles. The molecule has 0 bridgehead atoms. The number of fused-ring (bicyclic) bond motifs is 3. The minimum Gasteiger partial charge on any atom is -0.461 e. The lowest BCUT2D eigenvalue weighted by Crippen LogP contribution is -2.58. The molecule has 2 fully saturated rings. The van der Waals surface area contributed by atoms with Crippen LogP contribution in [0.1, 0.15) is 13.8 Å². The van der Waals surface area contributed by atoms with Crippen LogP contribution in [0.3, 0.4) is 0 Å². The Labute approximate surface area is 208 Å². The average Bonchev–Trinajstić information content (AvgIpc) is 3.14. The van der Waals surface area contributed by atoms with E-state index in [4.69, 9.17) is 9.47 Å². The highest BCUT2D eigenvalue weighted by Gasteiger charge is 2.75. The number of hydrogen-bond acceptors (Lipinski definition) is 6. The van der Waals surface area contributed by atoms with Crippen LogP contribution >= 0.6 is 0 Å². The highest BCUT2D eigenvalue weighted by atomic mass is 16.6. The summed E-state index contributed by atoms with van der Waals surface area (Å²) in [5.74, 6) is -3.09. The van der Waals surface area contributed by atoms with Crippen LogP contribution in [0.25, 0.3) is 10.8 Å². The van der Waals surface area contributed by atoms with E-state index >= 15 is 0 Å². The van der Waals surface area contributed by atoms with E-state index < -0.39 is 41.1 Å². The number of likely N-dealkylation sites (tertiary alicyclic amines) is 1. The number of carbonyl (C=O) groups is 3. The zero-order valence-electron chi connectivity index (χ0n) is 20.2. The van der Waals surface area contributed by atoms with Crippen molar-refractivity contribution >= 4 is 34.2 Å². The van der Waals surface area contributed by atoms with Crippen molar-refractivity contribution in [1.29, 1.82) is 0 Å². The van der Waals surface area contributed by atoms with Gasteiger partial charge in [-0.05, 0) is 42.8 Å². The quantitative estimate of drug-likeness (QED) is 0.526. The second kappa shape index (κ2) is 8.01. The summed E-state index contributed by atoms with van der Waals surface area (Å²) in [7, 11) is 0. The van der Waals surface area contributed by atoms with Gasteiger partial charge >= 0.3 is 5.97 Å². The van der Waals surface area contributed by atoms with Gasteiger partial charge in [-0.1, -0.05) is 48.6 Å². The first-order valence-corrected chi connectivity index (χ1v) is 12.3. The fourth-order valence-corrected chi connectivity index (χ4v) is 6.43. The molecule has 1 unspecified atom stereocenters. The number of nitrogens with zero attached hydrogens (tertiary/aromatic N) is 2. The van der Waals surface area contributed by atoms with Crippen LogP contribution in [0, 0.1) is 11.8 Å². The Kier molecular flexibility index (Phi) is 5.10. The summed E-state index contributed by atoms with van der Waals surface area (Å²) < 4.78 is 12.0. The third-order valence-electron chi connectivity index (χ3n) is 8.03. The van der Waals surface area contributed by atoms with Crippen molar-refractivity contribution in [2.75, 3.05) is 24.7 Å². The Morgan fingerprint density at radius 3 is 2.58 bits per heavy atom. The number of anilines is 1. The molecule has 1 spiro atoms. The lowest BCUT2D eigenvalue weighted by molar-refractivity contribution is -0.157. The van der Waals surface area contributed by atoms with Crippen molar-refractivity contribution in [1.82, 2.24) is 4.90 Å². The first-order valence-electron chi connectivity index (χ1n) is 12.3. The van der Waals surface area contributed by atoms with Crippen molar-refractivity contribution in [3.05, 3.63) is 66.8 Å². The predicted molar refractivity (Wildman–Crippen MR) is 132 cm³/mol. The highest BCUT2D eigenvalue weighted by Crippen LogP contribution is 2.57. The standard InChI is InChI=1S/C28H28N2O6/c1-17(16-31)30-23-25(33)29(20-10-9-18-7-3-4-8-19(18)15-20)13-5-12-28(23)21(24(30)32)22-26(34)35-14-6-11-27(22,2)36-28/h3-12,15,17,21-23,31H,13-14,16H2,1-2H3/t17-,21+,22+,23?,27-,28+/m1/s1. The summed E-state index contributed by atoms with van der Waals surface area (Å²) >= 11 is 0. The van der Waals surface area contributed by atoms with E-state index in [9.17, 15) is 19.5 Å². The van der Waals surface area contributed by atoms with Gasteiger partial charge in [0.2, 0.25) is 5.91 Å². The molecular formula is C28H28N2O6. The Morgan fingerprint density at radius 1 is 1.03 bits per heavy atom. The van der Waals surface area contributed by atoms with Gasteiger partial charge in [-0.2, -0.15) is 0 Å². The molecule has 36 heavy (non-hydrogen) atoms.